The summed E-state index contributed by atoms with van der Waals surface area (Å²) in [5, 5.41) is 10.00. The van der Waals surface area contributed by atoms with Crippen LogP contribution in [-0.4, -0.2) is 11.1 Å². The topological polar surface area (TPSA) is 37.3 Å². The molecule has 0 saturated heterocycles. The normalized spacial score (nSPS) is 10.5. The quantitative estimate of drug-likeness (QED) is 0.793. The van der Waals surface area contributed by atoms with E-state index in [4.69, 9.17) is 28.3 Å². The van der Waals surface area contributed by atoms with Crippen molar-refractivity contribution >= 4 is 40.9 Å². The molecule has 104 valence electrons. The molecular weight excluding hydrogens is 315 g/mol. The zero-order valence-corrected chi connectivity index (χ0v) is 12.8. The lowest BCUT2D eigenvalue weighted by Crippen LogP contribution is -1.99. The van der Waals surface area contributed by atoms with E-state index in [0.717, 1.165) is 21.8 Å². The number of aliphatic carboxylic acids is 1. The summed E-state index contributed by atoms with van der Waals surface area (Å²) in [6.45, 7) is 0. The van der Waals surface area contributed by atoms with E-state index in [9.17, 15) is 4.79 Å². The number of carboxylic acid groups (broad SMARTS) is 1. The van der Waals surface area contributed by atoms with Crippen LogP contribution >= 0.6 is 35.0 Å². The van der Waals surface area contributed by atoms with Crippen LogP contribution in [0.3, 0.4) is 0 Å². The van der Waals surface area contributed by atoms with Crippen LogP contribution in [0.25, 0.3) is 0 Å². The van der Waals surface area contributed by atoms with Crippen LogP contribution in [0.5, 0.6) is 0 Å². The summed E-state index contributed by atoms with van der Waals surface area (Å²) in [6.07, 6.45) is 0.0496. The maximum Gasteiger partial charge on any atom is 0.307 e. The third-order valence-corrected chi connectivity index (χ3v) is 4.34. The number of carbonyl (C=O) groups is 1. The minimum absolute atomic E-state index is 0.0496. The lowest BCUT2D eigenvalue weighted by atomic mass is 10.2. The number of thioether (sulfide) groups is 1. The molecule has 0 saturated carbocycles. The molecule has 0 radical (unpaired) electrons. The summed E-state index contributed by atoms with van der Waals surface area (Å²) in [7, 11) is 0. The third kappa shape index (κ3) is 4.44. The summed E-state index contributed by atoms with van der Waals surface area (Å²) in [4.78, 5) is 11.7. The van der Waals surface area contributed by atoms with E-state index in [1.165, 1.54) is 0 Å². The Labute approximate surface area is 131 Å². The van der Waals surface area contributed by atoms with Gasteiger partial charge >= 0.3 is 5.97 Å². The summed E-state index contributed by atoms with van der Waals surface area (Å²) in [6, 6.07) is 13.0. The Bertz CT molecular complexity index is 612. The van der Waals surface area contributed by atoms with Crippen molar-refractivity contribution in [1.82, 2.24) is 0 Å². The van der Waals surface area contributed by atoms with Crippen molar-refractivity contribution in [3.63, 3.8) is 0 Å². The Morgan fingerprint density at radius 2 is 1.80 bits per heavy atom. The monoisotopic (exact) mass is 326 g/mol. The average Bonchev–Trinajstić information content (AvgIpc) is 2.39. The number of rotatable bonds is 5. The van der Waals surface area contributed by atoms with Crippen molar-refractivity contribution < 1.29 is 9.90 Å². The molecule has 1 N–H and O–H groups in total. The van der Waals surface area contributed by atoms with Crippen molar-refractivity contribution in [3.05, 3.63) is 63.6 Å². The van der Waals surface area contributed by atoms with Gasteiger partial charge in [-0.1, -0.05) is 41.4 Å². The molecule has 0 fully saturated rings. The first kappa shape index (κ1) is 15.2. The van der Waals surface area contributed by atoms with Crippen molar-refractivity contribution in [1.29, 1.82) is 0 Å². The maximum atomic E-state index is 10.6. The summed E-state index contributed by atoms with van der Waals surface area (Å²) in [5.41, 5.74) is 1.82. The molecule has 0 unspecified atom stereocenters. The minimum atomic E-state index is -0.821. The largest absolute Gasteiger partial charge is 0.481 e. The predicted octanol–water partition coefficient (Wildman–Crippen LogP) is 4.91. The van der Waals surface area contributed by atoms with Crippen LogP contribution < -0.4 is 0 Å². The standard InChI is InChI=1S/C15H12Cl2O2S/c16-12-4-3-11(14(17)8-12)9-20-13-5-1-10(2-6-13)7-15(18)19/h1-6,8H,7,9H2,(H,18,19). The van der Waals surface area contributed by atoms with Crippen LogP contribution in [0.4, 0.5) is 0 Å². The highest BCUT2D eigenvalue weighted by Gasteiger charge is 2.04. The van der Waals surface area contributed by atoms with Gasteiger partial charge in [0.2, 0.25) is 0 Å². The highest BCUT2D eigenvalue weighted by Crippen LogP contribution is 2.28. The van der Waals surface area contributed by atoms with Crippen LogP contribution in [0.2, 0.25) is 10.0 Å². The summed E-state index contributed by atoms with van der Waals surface area (Å²) < 4.78 is 0. The van der Waals surface area contributed by atoms with E-state index in [1.807, 2.05) is 36.4 Å². The summed E-state index contributed by atoms with van der Waals surface area (Å²) >= 11 is 13.6. The fourth-order valence-corrected chi connectivity index (χ4v) is 3.13. The van der Waals surface area contributed by atoms with E-state index in [1.54, 1.807) is 17.8 Å². The fourth-order valence-electron chi connectivity index (χ4n) is 1.68. The highest BCUT2D eigenvalue weighted by atomic mass is 35.5. The van der Waals surface area contributed by atoms with E-state index in [-0.39, 0.29) is 6.42 Å². The third-order valence-electron chi connectivity index (χ3n) is 2.69. The van der Waals surface area contributed by atoms with E-state index < -0.39 is 5.97 Å². The first-order chi connectivity index (χ1) is 9.54. The van der Waals surface area contributed by atoms with E-state index >= 15 is 0 Å². The second kappa shape index (κ2) is 7.02. The van der Waals surface area contributed by atoms with Gasteiger partial charge in [-0.25, -0.2) is 0 Å². The first-order valence-electron chi connectivity index (χ1n) is 5.92. The molecular formula is C15H12Cl2O2S. The van der Waals surface area contributed by atoms with Gasteiger partial charge in [0.25, 0.3) is 0 Å². The first-order valence-corrected chi connectivity index (χ1v) is 7.66. The number of hydrogen-bond acceptors (Lipinski definition) is 2. The van der Waals surface area contributed by atoms with E-state index in [0.29, 0.717) is 10.0 Å². The number of carboxylic acids is 1. The molecule has 20 heavy (non-hydrogen) atoms. The molecule has 2 aromatic carbocycles. The highest BCUT2D eigenvalue weighted by molar-refractivity contribution is 7.98. The molecule has 0 aliphatic heterocycles. The van der Waals surface area contributed by atoms with Gasteiger partial charge in [0.15, 0.2) is 0 Å². The number of halogens is 2. The molecule has 2 rings (SSSR count). The Hall–Kier alpha value is -1.16. The number of hydrogen-bond donors (Lipinski definition) is 1. The van der Waals surface area contributed by atoms with Crippen molar-refractivity contribution in [2.45, 2.75) is 17.1 Å². The van der Waals surface area contributed by atoms with Crippen LogP contribution in [0, 0.1) is 0 Å². The smallest absolute Gasteiger partial charge is 0.307 e. The van der Waals surface area contributed by atoms with Gasteiger partial charge in [-0.3, -0.25) is 4.79 Å². The maximum absolute atomic E-state index is 10.6. The van der Waals surface area contributed by atoms with Crippen LogP contribution in [0.1, 0.15) is 11.1 Å². The van der Waals surface area contributed by atoms with Gasteiger partial charge in [0.05, 0.1) is 6.42 Å². The molecule has 0 aliphatic rings. The van der Waals surface area contributed by atoms with Gasteiger partial charge in [-0.2, -0.15) is 0 Å². The molecule has 0 spiro atoms. The SMILES string of the molecule is O=C(O)Cc1ccc(SCc2ccc(Cl)cc2Cl)cc1. The van der Waals surface area contributed by atoms with E-state index in [2.05, 4.69) is 0 Å². The fraction of sp³-hybridized carbons (Fsp3) is 0.133. The molecule has 2 nitrogen and oxygen atoms in total. The Morgan fingerprint density at radius 3 is 2.40 bits per heavy atom. The Morgan fingerprint density at radius 1 is 1.10 bits per heavy atom. The molecule has 0 atom stereocenters. The Kier molecular flexibility index (Phi) is 5.35. The van der Waals surface area contributed by atoms with Gasteiger partial charge in [-0.05, 0) is 35.4 Å². The molecule has 2 aromatic rings. The number of benzene rings is 2. The summed E-state index contributed by atoms with van der Waals surface area (Å²) in [5.74, 6) is -0.0766. The molecule has 0 aromatic heterocycles. The second-order valence-corrected chi connectivity index (χ2v) is 6.13. The average molecular weight is 327 g/mol. The lowest BCUT2D eigenvalue weighted by molar-refractivity contribution is -0.136. The van der Waals surface area contributed by atoms with Gasteiger partial charge in [0.1, 0.15) is 0 Å². The van der Waals surface area contributed by atoms with Crippen molar-refractivity contribution in [2.75, 3.05) is 0 Å². The van der Waals surface area contributed by atoms with Crippen molar-refractivity contribution in [3.8, 4) is 0 Å². The van der Waals surface area contributed by atoms with Gasteiger partial charge < -0.3 is 5.11 Å². The van der Waals surface area contributed by atoms with Crippen molar-refractivity contribution in [2.24, 2.45) is 0 Å². The predicted molar refractivity (Wildman–Crippen MR) is 83.8 cm³/mol. The molecule has 0 aliphatic carbocycles. The molecule has 5 heteroatoms. The molecule has 0 bridgehead atoms. The lowest BCUT2D eigenvalue weighted by Gasteiger charge is -2.05. The minimum Gasteiger partial charge on any atom is -0.481 e. The Balaban J connectivity index is 1.98. The van der Waals surface area contributed by atoms with Gasteiger partial charge in [0, 0.05) is 20.7 Å². The molecule has 0 heterocycles. The van der Waals surface area contributed by atoms with Crippen LogP contribution in [-0.2, 0) is 17.0 Å². The zero-order chi connectivity index (χ0) is 14.5. The van der Waals surface area contributed by atoms with Crippen LogP contribution in [0.15, 0.2) is 47.4 Å². The van der Waals surface area contributed by atoms with Gasteiger partial charge in [-0.15, -0.1) is 11.8 Å². The second-order valence-electron chi connectivity index (χ2n) is 4.24. The zero-order valence-electron chi connectivity index (χ0n) is 10.5. The molecule has 0 amide bonds.